The molecule has 31 heavy (non-hydrogen) atoms. The van der Waals surface area contributed by atoms with E-state index in [2.05, 4.69) is 15.7 Å². The van der Waals surface area contributed by atoms with Crippen molar-refractivity contribution < 1.29 is 9.59 Å². The van der Waals surface area contributed by atoms with Crippen LogP contribution in [0, 0.1) is 6.92 Å². The van der Waals surface area contributed by atoms with E-state index in [-0.39, 0.29) is 17.9 Å². The summed E-state index contributed by atoms with van der Waals surface area (Å²) in [5.74, 6) is 0.185. The van der Waals surface area contributed by atoms with Gasteiger partial charge in [-0.3, -0.25) is 14.3 Å². The van der Waals surface area contributed by atoms with Gasteiger partial charge >= 0.3 is 0 Å². The molecule has 0 bridgehead atoms. The van der Waals surface area contributed by atoms with Crippen molar-refractivity contribution in [2.24, 2.45) is 7.05 Å². The molecule has 2 heterocycles. The summed E-state index contributed by atoms with van der Waals surface area (Å²) in [7, 11) is 1.86. The van der Waals surface area contributed by atoms with Crippen LogP contribution < -0.4 is 10.6 Å². The lowest BCUT2D eigenvalue weighted by Crippen LogP contribution is -2.32. The fraction of sp³-hybridized carbons (Fsp3) is 0.417. The highest BCUT2D eigenvalue weighted by atomic mass is 16.2. The number of pyridine rings is 1. The van der Waals surface area contributed by atoms with E-state index in [1.807, 2.05) is 52.1 Å². The van der Waals surface area contributed by atoms with Gasteiger partial charge < -0.3 is 10.6 Å². The summed E-state index contributed by atoms with van der Waals surface area (Å²) in [6.07, 6.45) is 3.10. The predicted molar refractivity (Wildman–Crippen MR) is 120 cm³/mol. The highest BCUT2D eigenvalue weighted by molar-refractivity contribution is 6.06. The Morgan fingerprint density at radius 2 is 2.00 bits per heavy atom. The fourth-order valence-electron chi connectivity index (χ4n) is 3.74. The molecule has 1 fully saturated rings. The van der Waals surface area contributed by atoms with Crippen LogP contribution in [0.2, 0.25) is 0 Å². The van der Waals surface area contributed by atoms with Gasteiger partial charge in [-0.05, 0) is 56.9 Å². The standard InChI is InChI=1S/C24H29N5O2/c1-5-14(2)26-23(30)18-8-6-7-16(11-18)13-25-24(31)19-12-20(17-9-10-17)27-22-21(19)15(3)28-29(22)4/h6-8,11-12,14,17H,5,9-10,13H2,1-4H3,(H,25,31)(H,26,30). The van der Waals surface area contributed by atoms with Crippen molar-refractivity contribution in [3.05, 3.63) is 58.4 Å². The first-order valence-electron chi connectivity index (χ1n) is 10.9. The van der Waals surface area contributed by atoms with Crippen LogP contribution in [0.25, 0.3) is 11.0 Å². The zero-order valence-electron chi connectivity index (χ0n) is 18.5. The summed E-state index contributed by atoms with van der Waals surface area (Å²) < 4.78 is 1.74. The van der Waals surface area contributed by atoms with Crippen molar-refractivity contribution in [2.45, 2.75) is 58.5 Å². The Hall–Kier alpha value is -3.22. The molecule has 0 aliphatic heterocycles. The number of nitrogens with zero attached hydrogens (tertiary/aromatic N) is 3. The van der Waals surface area contributed by atoms with Gasteiger partial charge in [0.25, 0.3) is 11.8 Å². The van der Waals surface area contributed by atoms with E-state index in [4.69, 9.17) is 4.98 Å². The van der Waals surface area contributed by atoms with Crippen LogP contribution in [-0.2, 0) is 13.6 Å². The molecule has 2 N–H and O–H groups in total. The average molecular weight is 420 g/mol. The van der Waals surface area contributed by atoms with E-state index < -0.39 is 0 Å². The van der Waals surface area contributed by atoms with Crippen LogP contribution in [0.5, 0.6) is 0 Å². The monoisotopic (exact) mass is 419 g/mol. The van der Waals surface area contributed by atoms with E-state index >= 15 is 0 Å². The maximum Gasteiger partial charge on any atom is 0.252 e. The number of fused-ring (bicyclic) bond motifs is 1. The van der Waals surface area contributed by atoms with Crippen LogP contribution >= 0.6 is 0 Å². The number of benzene rings is 1. The lowest BCUT2D eigenvalue weighted by atomic mass is 10.1. The van der Waals surface area contributed by atoms with Gasteiger partial charge in [-0.25, -0.2) is 4.98 Å². The molecule has 0 saturated heterocycles. The number of nitrogens with one attached hydrogen (secondary N) is 2. The number of carbonyl (C=O) groups excluding carboxylic acids is 2. The zero-order valence-corrected chi connectivity index (χ0v) is 18.5. The molecular formula is C24H29N5O2. The molecule has 7 heteroatoms. The van der Waals surface area contributed by atoms with Gasteiger partial charge in [0.2, 0.25) is 0 Å². The van der Waals surface area contributed by atoms with Gasteiger partial charge in [0.1, 0.15) is 0 Å². The summed E-state index contributed by atoms with van der Waals surface area (Å²) in [5, 5.41) is 11.2. The quantitative estimate of drug-likeness (QED) is 0.612. The third kappa shape index (κ3) is 4.45. The molecule has 1 unspecified atom stereocenters. The topological polar surface area (TPSA) is 88.9 Å². The largest absolute Gasteiger partial charge is 0.350 e. The zero-order chi connectivity index (χ0) is 22.1. The second kappa shape index (κ2) is 8.49. The molecule has 0 spiro atoms. The van der Waals surface area contributed by atoms with E-state index in [1.165, 1.54) is 0 Å². The van der Waals surface area contributed by atoms with Gasteiger partial charge in [-0.2, -0.15) is 5.10 Å². The number of hydrogen-bond donors (Lipinski definition) is 2. The first kappa shape index (κ1) is 21.0. The Bertz CT molecular complexity index is 1150. The number of aryl methyl sites for hydroxylation is 2. The van der Waals surface area contributed by atoms with Gasteiger partial charge in [-0.15, -0.1) is 0 Å². The molecule has 1 saturated carbocycles. The highest BCUT2D eigenvalue weighted by Gasteiger charge is 2.28. The van der Waals surface area contributed by atoms with Crippen LogP contribution in [0.3, 0.4) is 0 Å². The minimum Gasteiger partial charge on any atom is -0.350 e. The number of rotatable bonds is 7. The lowest BCUT2D eigenvalue weighted by molar-refractivity contribution is 0.0937. The van der Waals surface area contributed by atoms with Crippen molar-refractivity contribution in [1.82, 2.24) is 25.4 Å². The van der Waals surface area contributed by atoms with E-state index in [0.717, 1.165) is 47.2 Å². The third-order valence-corrected chi connectivity index (χ3v) is 5.86. The molecule has 7 nitrogen and oxygen atoms in total. The molecule has 3 aromatic rings. The van der Waals surface area contributed by atoms with E-state index in [9.17, 15) is 9.59 Å². The molecule has 1 aliphatic carbocycles. The molecule has 0 radical (unpaired) electrons. The fourth-order valence-corrected chi connectivity index (χ4v) is 3.74. The number of hydrogen-bond acceptors (Lipinski definition) is 4. The Kier molecular flexibility index (Phi) is 5.76. The second-order valence-electron chi connectivity index (χ2n) is 8.44. The Morgan fingerprint density at radius 3 is 2.71 bits per heavy atom. The molecule has 162 valence electrons. The van der Waals surface area contributed by atoms with Crippen LogP contribution in [0.15, 0.2) is 30.3 Å². The molecule has 2 aromatic heterocycles. The molecule has 1 atom stereocenters. The Labute approximate surface area is 182 Å². The summed E-state index contributed by atoms with van der Waals surface area (Å²) in [5.41, 5.74) is 4.59. The number of aromatic nitrogens is 3. The minimum absolute atomic E-state index is 0.0987. The van der Waals surface area contributed by atoms with Crippen molar-refractivity contribution in [2.75, 3.05) is 0 Å². The SMILES string of the molecule is CCC(C)NC(=O)c1cccc(CNC(=O)c2cc(C3CC3)nc3c2c(C)nn3C)c1. The molecule has 2 amide bonds. The molecular weight excluding hydrogens is 390 g/mol. The summed E-state index contributed by atoms with van der Waals surface area (Å²) in [6, 6.07) is 9.40. The number of carbonyl (C=O) groups is 2. The first-order chi connectivity index (χ1) is 14.9. The Morgan fingerprint density at radius 1 is 1.23 bits per heavy atom. The van der Waals surface area contributed by atoms with Gasteiger partial charge in [0.15, 0.2) is 5.65 Å². The summed E-state index contributed by atoms with van der Waals surface area (Å²) in [4.78, 5) is 30.3. The average Bonchev–Trinajstić information content (AvgIpc) is 3.57. The first-order valence-corrected chi connectivity index (χ1v) is 10.9. The normalized spacial score (nSPS) is 14.5. The lowest BCUT2D eigenvalue weighted by Gasteiger charge is -2.12. The Balaban J connectivity index is 1.54. The molecule has 4 rings (SSSR count). The van der Waals surface area contributed by atoms with Crippen LogP contribution in [-0.4, -0.2) is 32.6 Å². The van der Waals surface area contributed by atoms with E-state index in [0.29, 0.717) is 23.6 Å². The maximum atomic E-state index is 13.1. The van der Waals surface area contributed by atoms with Crippen molar-refractivity contribution in [3.63, 3.8) is 0 Å². The third-order valence-electron chi connectivity index (χ3n) is 5.86. The maximum absolute atomic E-state index is 13.1. The van der Waals surface area contributed by atoms with Gasteiger partial charge in [0.05, 0.1) is 16.6 Å². The summed E-state index contributed by atoms with van der Waals surface area (Å²) in [6.45, 7) is 6.25. The van der Waals surface area contributed by atoms with Crippen LogP contribution in [0.1, 0.15) is 76.7 Å². The van der Waals surface area contributed by atoms with Crippen molar-refractivity contribution in [3.8, 4) is 0 Å². The van der Waals surface area contributed by atoms with Crippen LogP contribution in [0.4, 0.5) is 0 Å². The summed E-state index contributed by atoms with van der Waals surface area (Å²) >= 11 is 0. The van der Waals surface area contributed by atoms with Crippen molar-refractivity contribution in [1.29, 1.82) is 0 Å². The second-order valence-corrected chi connectivity index (χ2v) is 8.44. The van der Waals surface area contributed by atoms with E-state index in [1.54, 1.807) is 10.7 Å². The van der Waals surface area contributed by atoms with Gasteiger partial charge in [0, 0.05) is 36.8 Å². The van der Waals surface area contributed by atoms with Gasteiger partial charge in [-0.1, -0.05) is 19.1 Å². The number of amides is 2. The highest BCUT2D eigenvalue weighted by Crippen LogP contribution is 2.40. The van der Waals surface area contributed by atoms with Crippen molar-refractivity contribution >= 4 is 22.8 Å². The predicted octanol–water partition coefficient (Wildman–Crippen LogP) is 3.61. The molecule has 1 aromatic carbocycles. The smallest absolute Gasteiger partial charge is 0.252 e. The minimum atomic E-state index is -0.153. The molecule has 1 aliphatic rings.